The summed E-state index contributed by atoms with van der Waals surface area (Å²) in [6.07, 6.45) is 0. The molecule has 1 atom stereocenters. The lowest BCUT2D eigenvalue weighted by Crippen LogP contribution is -2.10. The van der Waals surface area contributed by atoms with Crippen LogP contribution >= 0.6 is 34.2 Å². The monoisotopic (exact) mass is 310 g/mol. The number of hydrogen-bond acceptors (Lipinski definition) is 2. The van der Waals surface area contributed by atoms with Crippen LogP contribution in [0.5, 0.6) is 5.75 Å². The lowest BCUT2D eigenvalue weighted by Gasteiger charge is -2.05. The number of aromatic hydroxyl groups is 1. The molecule has 1 aromatic carbocycles. The fourth-order valence-corrected chi connectivity index (χ4v) is 1.54. The molecule has 1 aromatic rings. The first-order chi connectivity index (χ1) is 6.04. The van der Waals surface area contributed by atoms with E-state index in [2.05, 4.69) is 0 Å². The first-order valence-electron chi connectivity index (χ1n) is 3.69. The van der Waals surface area contributed by atoms with Gasteiger partial charge in [0, 0.05) is 0 Å². The van der Waals surface area contributed by atoms with Crippen molar-refractivity contribution in [3.8, 4) is 5.75 Å². The van der Waals surface area contributed by atoms with Crippen molar-refractivity contribution >= 4 is 40.0 Å². The smallest absolute Gasteiger partial charge is 0.184 e. The van der Waals surface area contributed by atoms with E-state index in [1.165, 1.54) is 0 Å². The van der Waals surface area contributed by atoms with Crippen molar-refractivity contribution in [2.45, 2.75) is 12.3 Å². The second-order valence-corrected chi connectivity index (χ2v) is 4.43. The number of ketones is 1. The van der Waals surface area contributed by atoms with Crippen molar-refractivity contribution in [1.29, 1.82) is 0 Å². The summed E-state index contributed by atoms with van der Waals surface area (Å²) in [7, 11) is 0. The lowest BCUT2D eigenvalue weighted by atomic mass is 10.1. The summed E-state index contributed by atoms with van der Waals surface area (Å²) in [5.41, 5.74) is 0.286. The van der Waals surface area contributed by atoms with E-state index in [0.717, 1.165) is 0 Å². The van der Waals surface area contributed by atoms with E-state index in [4.69, 9.17) is 11.6 Å². The van der Waals surface area contributed by atoms with Crippen LogP contribution in [0.2, 0.25) is 0 Å². The van der Waals surface area contributed by atoms with Crippen molar-refractivity contribution in [3.05, 3.63) is 27.3 Å². The zero-order valence-corrected chi connectivity index (χ0v) is 9.83. The second-order valence-electron chi connectivity index (χ2n) is 2.62. The Morgan fingerprint density at radius 3 is 2.77 bits per heavy atom. The summed E-state index contributed by atoms with van der Waals surface area (Å²) in [6, 6.07) is 5.01. The van der Waals surface area contributed by atoms with Crippen LogP contribution in [0.4, 0.5) is 0 Å². The summed E-state index contributed by atoms with van der Waals surface area (Å²) in [5, 5.41) is 8.92. The van der Waals surface area contributed by atoms with Crippen LogP contribution in [0, 0.1) is 3.57 Å². The molecule has 70 valence electrons. The molecule has 0 aliphatic heterocycles. The van der Waals surface area contributed by atoms with Gasteiger partial charge in [0.2, 0.25) is 0 Å². The highest BCUT2D eigenvalue weighted by Crippen LogP contribution is 2.25. The third-order valence-electron chi connectivity index (χ3n) is 1.61. The maximum Gasteiger partial charge on any atom is 0.184 e. The molecule has 1 rings (SSSR count). The van der Waals surface area contributed by atoms with Crippen LogP contribution in [-0.4, -0.2) is 16.3 Å². The molecule has 0 spiro atoms. The van der Waals surface area contributed by atoms with Crippen LogP contribution in [-0.2, 0) is 0 Å². The number of rotatable bonds is 2. The Kier molecular flexibility index (Phi) is 3.55. The molecule has 4 heteroatoms. The highest BCUT2D eigenvalue weighted by molar-refractivity contribution is 14.1. The Bertz CT molecular complexity index is 336. The van der Waals surface area contributed by atoms with Crippen molar-refractivity contribution in [3.63, 3.8) is 0 Å². The second kappa shape index (κ2) is 4.28. The van der Waals surface area contributed by atoms with Crippen LogP contribution in [0.1, 0.15) is 17.3 Å². The molecule has 0 aliphatic carbocycles. The van der Waals surface area contributed by atoms with Gasteiger partial charge in [0.05, 0.1) is 14.5 Å². The predicted octanol–water partition coefficient (Wildman–Crippen LogP) is 2.81. The molecule has 13 heavy (non-hydrogen) atoms. The summed E-state index contributed by atoms with van der Waals surface area (Å²) < 4.78 is 0.653. The number of para-hydroxylation sites is 1. The molecule has 0 heterocycles. The van der Waals surface area contributed by atoms with E-state index >= 15 is 0 Å². The van der Waals surface area contributed by atoms with Gasteiger partial charge in [0.15, 0.2) is 5.78 Å². The van der Waals surface area contributed by atoms with Gasteiger partial charge in [0.1, 0.15) is 5.75 Å². The predicted molar refractivity (Wildman–Crippen MR) is 60.5 cm³/mol. The third-order valence-corrected chi connectivity index (χ3v) is 2.68. The van der Waals surface area contributed by atoms with Gasteiger partial charge < -0.3 is 5.11 Å². The van der Waals surface area contributed by atoms with Crippen LogP contribution in [0.3, 0.4) is 0 Å². The van der Waals surface area contributed by atoms with Gasteiger partial charge in [-0.2, -0.15) is 0 Å². The minimum absolute atomic E-state index is 0.0144. The molecule has 0 amide bonds. The summed E-state index contributed by atoms with van der Waals surface area (Å²) >= 11 is 7.59. The average molecular weight is 311 g/mol. The van der Waals surface area contributed by atoms with Gasteiger partial charge in [-0.1, -0.05) is 6.07 Å². The minimum atomic E-state index is -0.607. The molecule has 0 bridgehead atoms. The van der Waals surface area contributed by atoms with Crippen molar-refractivity contribution in [1.82, 2.24) is 0 Å². The van der Waals surface area contributed by atoms with Gasteiger partial charge in [-0.15, -0.1) is 11.6 Å². The number of benzene rings is 1. The quantitative estimate of drug-likeness (QED) is 0.518. The number of carbonyl (C=O) groups excluding carboxylic acids is 1. The fourth-order valence-electron chi connectivity index (χ4n) is 0.928. The van der Waals surface area contributed by atoms with Gasteiger partial charge in [-0.25, -0.2) is 0 Å². The van der Waals surface area contributed by atoms with Crippen molar-refractivity contribution < 1.29 is 9.90 Å². The highest BCUT2D eigenvalue weighted by atomic mass is 127. The molecular formula is C9H8ClIO2. The molecule has 0 fully saturated rings. The number of carbonyl (C=O) groups is 1. The standard InChI is InChI=1S/C9H8ClIO2/c1-5(10)8(12)6-3-2-4-7(11)9(6)13/h2-5,13H,1H3. The topological polar surface area (TPSA) is 37.3 Å². The Morgan fingerprint density at radius 1 is 1.62 bits per heavy atom. The van der Waals surface area contributed by atoms with Gasteiger partial charge in [0.25, 0.3) is 0 Å². The minimum Gasteiger partial charge on any atom is -0.506 e. The number of Topliss-reactive ketones (excluding diaryl/α,β-unsaturated/α-hetero) is 1. The van der Waals surface area contributed by atoms with Crippen molar-refractivity contribution in [2.75, 3.05) is 0 Å². The van der Waals surface area contributed by atoms with Gasteiger partial charge in [-0.05, 0) is 41.6 Å². The molecule has 0 aromatic heterocycles. The van der Waals surface area contributed by atoms with Gasteiger partial charge >= 0.3 is 0 Å². The van der Waals surface area contributed by atoms with E-state index in [1.54, 1.807) is 25.1 Å². The average Bonchev–Trinajstić information content (AvgIpc) is 2.08. The molecule has 0 aliphatic rings. The van der Waals surface area contributed by atoms with E-state index in [1.807, 2.05) is 22.6 Å². The fraction of sp³-hybridized carbons (Fsp3) is 0.222. The number of alkyl halides is 1. The van der Waals surface area contributed by atoms with Crippen LogP contribution in [0.25, 0.3) is 0 Å². The zero-order valence-electron chi connectivity index (χ0n) is 6.92. The number of hydrogen-bond donors (Lipinski definition) is 1. The molecule has 0 saturated heterocycles. The molecular weight excluding hydrogens is 302 g/mol. The third kappa shape index (κ3) is 2.34. The summed E-state index contributed by atoms with van der Waals surface area (Å²) in [4.78, 5) is 11.4. The Hall–Kier alpha value is -0.290. The number of phenols is 1. The lowest BCUT2D eigenvalue weighted by molar-refractivity contribution is 0.0989. The first-order valence-corrected chi connectivity index (χ1v) is 5.21. The highest BCUT2D eigenvalue weighted by Gasteiger charge is 2.17. The van der Waals surface area contributed by atoms with Crippen LogP contribution < -0.4 is 0 Å². The van der Waals surface area contributed by atoms with E-state index in [0.29, 0.717) is 3.57 Å². The van der Waals surface area contributed by atoms with E-state index in [-0.39, 0.29) is 17.1 Å². The Morgan fingerprint density at radius 2 is 2.23 bits per heavy atom. The van der Waals surface area contributed by atoms with Gasteiger partial charge in [-0.3, -0.25) is 4.79 Å². The molecule has 1 unspecified atom stereocenters. The molecule has 1 N–H and O–H groups in total. The van der Waals surface area contributed by atoms with E-state index in [9.17, 15) is 9.90 Å². The van der Waals surface area contributed by atoms with Crippen molar-refractivity contribution in [2.24, 2.45) is 0 Å². The molecule has 2 nitrogen and oxygen atoms in total. The Balaban J connectivity index is 3.15. The summed E-state index contributed by atoms with van der Waals surface area (Å²) in [6.45, 7) is 1.59. The molecule has 0 saturated carbocycles. The first kappa shape index (κ1) is 10.8. The Labute approximate surface area is 95.0 Å². The summed E-state index contributed by atoms with van der Waals surface area (Å²) in [5.74, 6) is -0.238. The zero-order chi connectivity index (χ0) is 10.0. The number of halogens is 2. The van der Waals surface area contributed by atoms with E-state index < -0.39 is 5.38 Å². The largest absolute Gasteiger partial charge is 0.506 e. The maximum absolute atomic E-state index is 11.4. The van der Waals surface area contributed by atoms with Crippen LogP contribution in [0.15, 0.2) is 18.2 Å². The number of phenolic OH excluding ortho intramolecular Hbond substituents is 1. The maximum atomic E-state index is 11.4. The molecule has 0 radical (unpaired) electrons. The SMILES string of the molecule is CC(Cl)C(=O)c1cccc(I)c1O. The normalized spacial score (nSPS) is 12.5.